The minimum absolute atomic E-state index is 0.0215. The molecule has 2 N–H and O–H groups in total. The van der Waals surface area contributed by atoms with Crippen LogP contribution in [0.5, 0.6) is 0 Å². The molecular formula is C43H63NO11. The number of methoxy groups -OCH3 is 1. The van der Waals surface area contributed by atoms with Crippen molar-refractivity contribution in [1.82, 2.24) is 0 Å². The Morgan fingerprint density at radius 1 is 1.00 bits per heavy atom. The number of nitrogens with zero attached hydrogens (tertiary/aromatic N) is 1. The number of esters is 1. The normalized spacial score (nSPS) is 45.9. The van der Waals surface area contributed by atoms with E-state index >= 15 is 0 Å². The summed E-state index contributed by atoms with van der Waals surface area (Å²) in [6, 6.07) is -0.885. The van der Waals surface area contributed by atoms with Crippen LogP contribution in [0.4, 0.5) is 0 Å². The van der Waals surface area contributed by atoms with Gasteiger partial charge in [0.05, 0.1) is 42.7 Å². The van der Waals surface area contributed by atoms with E-state index in [0.29, 0.717) is 49.5 Å². The average molecular weight is 770 g/mol. The number of allylic oxidation sites excluding steroid dienone is 2. The van der Waals surface area contributed by atoms with Crippen molar-refractivity contribution in [3.8, 4) is 0 Å². The topological polar surface area (TPSA) is 152 Å². The van der Waals surface area contributed by atoms with Crippen molar-refractivity contribution in [1.29, 1.82) is 0 Å². The van der Waals surface area contributed by atoms with Crippen molar-refractivity contribution in [2.24, 2.45) is 28.8 Å². The SMILES string of the molecule is CO[C@H]1C[C@H](O[C@@H]2C(C)=CC[C@@H]3C[C@@H](C[C@]4(CC[C@H](C)[C@@H](C5CCCCC5)O4)O3)OC(=O)C3=CC(C)C(N=O)[C@H]4OCC(=CC=C[C@@H]2C)[C@@]34O)O[C@@H](C)[C@@H]1O. The zero-order chi connectivity index (χ0) is 39.1. The van der Waals surface area contributed by atoms with Gasteiger partial charge in [-0.25, -0.2) is 4.79 Å². The molecule has 7 aliphatic rings. The number of rotatable bonds is 5. The Morgan fingerprint density at radius 2 is 1.78 bits per heavy atom. The fourth-order valence-electron chi connectivity index (χ4n) is 10.5. The summed E-state index contributed by atoms with van der Waals surface area (Å²) in [7, 11) is 1.58. The van der Waals surface area contributed by atoms with Crippen molar-refractivity contribution < 1.29 is 48.2 Å². The predicted octanol–water partition coefficient (Wildman–Crippen LogP) is 6.37. The lowest BCUT2D eigenvalue weighted by atomic mass is 9.72. The van der Waals surface area contributed by atoms with Crippen LogP contribution in [-0.2, 0) is 38.0 Å². The van der Waals surface area contributed by atoms with Crippen molar-refractivity contribution >= 4 is 5.97 Å². The summed E-state index contributed by atoms with van der Waals surface area (Å²) >= 11 is 0. The van der Waals surface area contributed by atoms with Crippen LogP contribution in [0.3, 0.4) is 0 Å². The van der Waals surface area contributed by atoms with Gasteiger partial charge in [0.1, 0.15) is 30.0 Å². The largest absolute Gasteiger partial charge is 0.459 e. The van der Waals surface area contributed by atoms with E-state index in [2.05, 4.69) is 25.1 Å². The molecule has 2 bridgehead atoms. The lowest BCUT2D eigenvalue weighted by Gasteiger charge is -2.51. The molecule has 1 saturated carbocycles. The van der Waals surface area contributed by atoms with Crippen LogP contribution >= 0.6 is 0 Å². The van der Waals surface area contributed by atoms with E-state index in [1.54, 1.807) is 26.2 Å². The number of carbonyl (C=O) groups is 1. The molecule has 7 rings (SSSR count). The molecule has 0 radical (unpaired) electrons. The van der Waals surface area contributed by atoms with Crippen LogP contribution in [0.2, 0.25) is 0 Å². The molecule has 12 heteroatoms. The number of carbonyl (C=O) groups excluding carboxylic acids is 1. The lowest BCUT2D eigenvalue weighted by molar-refractivity contribution is -0.341. The van der Waals surface area contributed by atoms with E-state index < -0.39 is 72.2 Å². The summed E-state index contributed by atoms with van der Waals surface area (Å²) < 4.78 is 45.0. The Kier molecular flexibility index (Phi) is 12.6. The van der Waals surface area contributed by atoms with Gasteiger partial charge in [0.2, 0.25) is 0 Å². The molecule has 5 aliphatic heterocycles. The third kappa shape index (κ3) is 8.22. The zero-order valence-corrected chi connectivity index (χ0v) is 33.5. The van der Waals surface area contributed by atoms with Gasteiger partial charge in [-0.05, 0) is 62.5 Å². The van der Waals surface area contributed by atoms with Gasteiger partial charge >= 0.3 is 5.97 Å². The summed E-state index contributed by atoms with van der Waals surface area (Å²) in [4.78, 5) is 26.5. The van der Waals surface area contributed by atoms with E-state index in [9.17, 15) is 19.9 Å². The first-order chi connectivity index (χ1) is 26.4. The Bertz CT molecular complexity index is 1520. The Balaban J connectivity index is 1.25. The minimum atomic E-state index is -1.90. The molecule has 0 aromatic rings. The Hall–Kier alpha value is -2.29. The molecule has 306 valence electrons. The maximum atomic E-state index is 14.4. The number of aliphatic hydroxyl groups excluding tert-OH is 1. The van der Waals surface area contributed by atoms with Crippen LogP contribution in [0.25, 0.3) is 0 Å². The third-order valence-corrected chi connectivity index (χ3v) is 13.7. The van der Waals surface area contributed by atoms with Crippen molar-refractivity contribution in [3.05, 3.63) is 52.0 Å². The smallest absolute Gasteiger partial charge is 0.337 e. The van der Waals surface area contributed by atoms with Crippen LogP contribution in [0.1, 0.15) is 105 Å². The zero-order valence-electron chi connectivity index (χ0n) is 33.5. The Morgan fingerprint density at radius 3 is 2.53 bits per heavy atom. The maximum Gasteiger partial charge on any atom is 0.337 e. The summed E-state index contributed by atoms with van der Waals surface area (Å²) in [6.07, 6.45) is 14.3. The van der Waals surface area contributed by atoms with E-state index in [0.717, 1.165) is 24.8 Å². The number of aliphatic hydroxyl groups is 2. The summed E-state index contributed by atoms with van der Waals surface area (Å²) in [5.41, 5.74) is -0.388. The molecule has 0 aromatic heterocycles. The molecule has 15 atom stereocenters. The van der Waals surface area contributed by atoms with Crippen LogP contribution < -0.4 is 0 Å². The van der Waals surface area contributed by atoms with Crippen molar-refractivity contribution in [2.75, 3.05) is 13.7 Å². The highest BCUT2D eigenvalue weighted by molar-refractivity contribution is 5.93. The van der Waals surface area contributed by atoms with E-state index in [1.807, 2.05) is 26.0 Å². The standard InChI is InChI=1S/C43H63NO11/c1-24-11-10-14-30-23-50-40-36(44-48)27(4)19-33(43(30,40)47)41(46)52-32-20-31(16-15-25(2)38(24)53-35-21-34(49-6)37(45)28(5)51-35)54-42(22-32)18-17-26(3)39(55-42)29-12-8-7-9-13-29/h10-11,14-15,19,24,26-29,31-32,34-40,45,47H,7-9,12-13,16-18,20-23H2,1-6H3/t24-,26-,27?,28-,31+,32-,34-,35-,36?,37-,38-,39-,40+,42+,43+/m0/s1. The highest BCUT2D eigenvalue weighted by Gasteiger charge is 2.59. The van der Waals surface area contributed by atoms with E-state index in [1.165, 1.54) is 19.3 Å². The summed E-state index contributed by atoms with van der Waals surface area (Å²) in [5, 5.41) is 26.5. The molecule has 55 heavy (non-hydrogen) atoms. The van der Waals surface area contributed by atoms with Gasteiger partial charge in [-0.2, -0.15) is 4.91 Å². The minimum Gasteiger partial charge on any atom is -0.459 e. The molecule has 1 spiro atoms. The van der Waals surface area contributed by atoms with Gasteiger partial charge in [0.15, 0.2) is 12.1 Å². The molecule has 0 amide bonds. The average Bonchev–Trinajstić information content (AvgIpc) is 3.50. The number of ether oxygens (including phenoxy) is 7. The second-order valence-electron chi connectivity index (χ2n) is 17.6. The van der Waals surface area contributed by atoms with Crippen LogP contribution in [0, 0.1) is 28.6 Å². The number of hydrogen-bond acceptors (Lipinski definition) is 12. The van der Waals surface area contributed by atoms with Gasteiger partial charge < -0.3 is 43.4 Å². The van der Waals surface area contributed by atoms with Gasteiger partial charge in [-0.3, -0.25) is 0 Å². The molecule has 2 unspecified atom stereocenters. The molecule has 5 fully saturated rings. The summed E-state index contributed by atoms with van der Waals surface area (Å²) in [5.74, 6) is -1.28. The molecule has 2 aliphatic carbocycles. The van der Waals surface area contributed by atoms with Crippen molar-refractivity contribution in [2.45, 2.75) is 178 Å². The molecule has 5 heterocycles. The van der Waals surface area contributed by atoms with Gasteiger partial charge in [-0.15, -0.1) is 0 Å². The number of nitroso groups, excluding NO2 is 1. The van der Waals surface area contributed by atoms with Gasteiger partial charge in [-0.1, -0.05) is 75.6 Å². The first kappa shape index (κ1) is 40.9. The molecular weight excluding hydrogens is 706 g/mol. The van der Waals surface area contributed by atoms with Crippen LogP contribution in [0.15, 0.2) is 52.3 Å². The van der Waals surface area contributed by atoms with Crippen molar-refractivity contribution in [3.63, 3.8) is 0 Å². The number of hydrogen-bond donors (Lipinski definition) is 2. The third-order valence-electron chi connectivity index (χ3n) is 13.7. The second-order valence-corrected chi connectivity index (χ2v) is 17.6. The first-order valence-corrected chi connectivity index (χ1v) is 20.9. The molecule has 12 nitrogen and oxygen atoms in total. The van der Waals surface area contributed by atoms with Crippen LogP contribution in [-0.4, -0.2) is 102 Å². The highest BCUT2D eigenvalue weighted by Crippen LogP contribution is 2.49. The van der Waals surface area contributed by atoms with Gasteiger partial charge in [0.25, 0.3) is 0 Å². The van der Waals surface area contributed by atoms with Gasteiger partial charge in [0, 0.05) is 44.6 Å². The quantitative estimate of drug-likeness (QED) is 0.182. The van der Waals surface area contributed by atoms with E-state index in [-0.39, 0.29) is 30.3 Å². The highest BCUT2D eigenvalue weighted by atomic mass is 16.7. The number of fused-ring (bicyclic) bond motifs is 2. The fraction of sp³-hybridized carbons (Fsp3) is 0.791. The lowest BCUT2D eigenvalue weighted by Crippen LogP contribution is -2.56. The predicted molar refractivity (Wildman–Crippen MR) is 203 cm³/mol. The summed E-state index contributed by atoms with van der Waals surface area (Å²) in [6.45, 7) is 10.0. The molecule has 0 aromatic carbocycles. The monoisotopic (exact) mass is 769 g/mol. The Labute approximate surface area is 326 Å². The van der Waals surface area contributed by atoms with E-state index in [4.69, 9.17) is 33.2 Å². The second kappa shape index (κ2) is 16.9. The fourth-order valence-corrected chi connectivity index (χ4v) is 10.5. The molecule has 4 saturated heterocycles. The first-order valence-electron chi connectivity index (χ1n) is 20.9. The maximum absolute atomic E-state index is 14.4.